The summed E-state index contributed by atoms with van der Waals surface area (Å²) in [7, 11) is 0. The van der Waals surface area contributed by atoms with Crippen molar-refractivity contribution in [2.45, 2.75) is 6.04 Å². The standard InChI is InChI=1S/C8H7BrN2O/c9-5-1-2-8(12)6(3-5)7(11)4-10/h1-3,7,12H,11H2. The molecule has 0 aromatic heterocycles. The molecular formula is C8H7BrN2O. The molecule has 0 aliphatic rings. The number of phenolic OH excluding ortho intramolecular Hbond substituents is 1. The summed E-state index contributed by atoms with van der Waals surface area (Å²) in [6.07, 6.45) is 0. The molecule has 0 saturated carbocycles. The second-order valence-corrected chi connectivity index (χ2v) is 3.23. The van der Waals surface area contributed by atoms with Gasteiger partial charge < -0.3 is 10.8 Å². The number of hydrogen-bond donors (Lipinski definition) is 2. The van der Waals surface area contributed by atoms with Crippen molar-refractivity contribution < 1.29 is 5.11 Å². The molecule has 1 atom stereocenters. The van der Waals surface area contributed by atoms with Crippen LogP contribution in [0.5, 0.6) is 5.75 Å². The molecule has 0 saturated heterocycles. The van der Waals surface area contributed by atoms with Crippen LogP contribution in [0.3, 0.4) is 0 Å². The zero-order valence-corrected chi connectivity index (χ0v) is 7.75. The van der Waals surface area contributed by atoms with E-state index in [1.54, 1.807) is 12.1 Å². The van der Waals surface area contributed by atoms with Crippen LogP contribution in [0.4, 0.5) is 0 Å². The molecule has 0 heterocycles. The Balaban J connectivity index is 3.15. The molecule has 0 radical (unpaired) electrons. The highest BCUT2D eigenvalue weighted by Crippen LogP contribution is 2.25. The van der Waals surface area contributed by atoms with Crippen molar-refractivity contribution in [2.24, 2.45) is 5.73 Å². The molecule has 1 unspecified atom stereocenters. The molecule has 1 aromatic rings. The van der Waals surface area contributed by atoms with Crippen molar-refractivity contribution in [3.05, 3.63) is 28.2 Å². The average Bonchev–Trinajstić information content (AvgIpc) is 2.08. The summed E-state index contributed by atoms with van der Waals surface area (Å²) in [5.74, 6) is 0.0484. The first-order chi connectivity index (χ1) is 5.65. The molecule has 12 heavy (non-hydrogen) atoms. The van der Waals surface area contributed by atoms with E-state index in [2.05, 4.69) is 15.9 Å². The summed E-state index contributed by atoms with van der Waals surface area (Å²) >= 11 is 3.22. The number of phenols is 1. The highest BCUT2D eigenvalue weighted by atomic mass is 79.9. The van der Waals surface area contributed by atoms with Crippen molar-refractivity contribution in [1.29, 1.82) is 5.26 Å². The fraction of sp³-hybridized carbons (Fsp3) is 0.125. The molecule has 0 bridgehead atoms. The number of benzene rings is 1. The molecule has 4 heteroatoms. The normalized spacial score (nSPS) is 12.1. The average molecular weight is 227 g/mol. The highest BCUT2D eigenvalue weighted by molar-refractivity contribution is 9.10. The maximum absolute atomic E-state index is 9.28. The Labute approximate surface area is 78.6 Å². The Bertz CT molecular complexity index is 332. The minimum atomic E-state index is -0.775. The first-order valence-electron chi connectivity index (χ1n) is 3.28. The summed E-state index contributed by atoms with van der Waals surface area (Å²) in [6.45, 7) is 0. The van der Waals surface area contributed by atoms with E-state index in [9.17, 15) is 5.11 Å². The van der Waals surface area contributed by atoms with E-state index < -0.39 is 6.04 Å². The molecule has 0 aliphatic carbocycles. The van der Waals surface area contributed by atoms with Crippen LogP contribution in [0.2, 0.25) is 0 Å². The van der Waals surface area contributed by atoms with Gasteiger partial charge in [-0.1, -0.05) is 15.9 Å². The lowest BCUT2D eigenvalue weighted by Gasteiger charge is -2.05. The van der Waals surface area contributed by atoms with Crippen LogP contribution in [-0.2, 0) is 0 Å². The number of halogens is 1. The minimum Gasteiger partial charge on any atom is -0.508 e. The zero-order valence-electron chi connectivity index (χ0n) is 6.16. The number of nitrogens with zero attached hydrogens (tertiary/aromatic N) is 1. The van der Waals surface area contributed by atoms with E-state index in [-0.39, 0.29) is 5.75 Å². The van der Waals surface area contributed by atoms with E-state index >= 15 is 0 Å². The Kier molecular flexibility index (Phi) is 2.69. The Morgan fingerprint density at radius 1 is 1.58 bits per heavy atom. The number of aromatic hydroxyl groups is 1. The third-order valence-electron chi connectivity index (χ3n) is 1.46. The summed E-state index contributed by atoms with van der Waals surface area (Å²) in [4.78, 5) is 0. The Morgan fingerprint density at radius 2 is 2.25 bits per heavy atom. The second kappa shape index (κ2) is 3.57. The molecule has 0 fully saturated rings. The van der Waals surface area contributed by atoms with Gasteiger partial charge >= 0.3 is 0 Å². The van der Waals surface area contributed by atoms with Crippen molar-refractivity contribution in [2.75, 3.05) is 0 Å². The molecule has 3 N–H and O–H groups in total. The van der Waals surface area contributed by atoms with Crippen LogP contribution in [0.25, 0.3) is 0 Å². The van der Waals surface area contributed by atoms with Crippen molar-refractivity contribution in [3.8, 4) is 11.8 Å². The number of hydrogen-bond acceptors (Lipinski definition) is 3. The van der Waals surface area contributed by atoms with Crippen LogP contribution in [0.15, 0.2) is 22.7 Å². The summed E-state index contributed by atoms with van der Waals surface area (Å²) < 4.78 is 0.793. The lowest BCUT2D eigenvalue weighted by molar-refractivity contribution is 0.466. The SMILES string of the molecule is N#CC(N)c1cc(Br)ccc1O. The maximum atomic E-state index is 9.28. The van der Waals surface area contributed by atoms with Gasteiger partial charge in [0.15, 0.2) is 0 Å². The zero-order chi connectivity index (χ0) is 9.14. The molecule has 0 spiro atoms. The molecule has 0 aliphatic heterocycles. The maximum Gasteiger partial charge on any atom is 0.122 e. The molecule has 1 aromatic carbocycles. The van der Waals surface area contributed by atoms with Crippen molar-refractivity contribution in [3.63, 3.8) is 0 Å². The smallest absolute Gasteiger partial charge is 0.122 e. The van der Waals surface area contributed by atoms with Gasteiger partial charge in [0, 0.05) is 10.0 Å². The van der Waals surface area contributed by atoms with E-state index in [0.717, 1.165) is 4.47 Å². The van der Waals surface area contributed by atoms with Crippen molar-refractivity contribution in [1.82, 2.24) is 0 Å². The van der Waals surface area contributed by atoms with Gasteiger partial charge in [0.1, 0.15) is 11.8 Å². The fourth-order valence-corrected chi connectivity index (χ4v) is 1.22. The van der Waals surface area contributed by atoms with Gasteiger partial charge in [0.05, 0.1) is 6.07 Å². The number of rotatable bonds is 1. The Hall–Kier alpha value is -1.05. The van der Waals surface area contributed by atoms with Gasteiger partial charge in [-0.15, -0.1) is 0 Å². The third-order valence-corrected chi connectivity index (χ3v) is 1.96. The minimum absolute atomic E-state index is 0.0484. The summed E-state index contributed by atoms with van der Waals surface area (Å²) in [5.41, 5.74) is 5.86. The monoisotopic (exact) mass is 226 g/mol. The predicted octanol–water partition coefficient (Wildman–Crippen LogP) is 1.68. The van der Waals surface area contributed by atoms with Gasteiger partial charge in [0.2, 0.25) is 0 Å². The lowest BCUT2D eigenvalue weighted by atomic mass is 10.1. The van der Waals surface area contributed by atoms with Crippen LogP contribution in [0, 0.1) is 11.3 Å². The number of nitriles is 1. The second-order valence-electron chi connectivity index (χ2n) is 2.31. The van der Waals surface area contributed by atoms with Crippen LogP contribution in [-0.4, -0.2) is 5.11 Å². The predicted molar refractivity (Wildman–Crippen MR) is 48.3 cm³/mol. The first-order valence-corrected chi connectivity index (χ1v) is 4.08. The third kappa shape index (κ3) is 1.76. The molecule has 62 valence electrons. The van der Waals surface area contributed by atoms with Gasteiger partial charge in [-0.2, -0.15) is 5.26 Å². The van der Waals surface area contributed by atoms with Crippen molar-refractivity contribution >= 4 is 15.9 Å². The van der Waals surface area contributed by atoms with Crippen LogP contribution in [0.1, 0.15) is 11.6 Å². The molecular weight excluding hydrogens is 220 g/mol. The summed E-state index contributed by atoms with van der Waals surface area (Å²) in [5, 5.41) is 17.8. The molecule has 1 rings (SSSR count). The molecule has 0 amide bonds. The van der Waals surface area contributed by atoms with Gasteiger partial charge in [-0.3, -0.25) is 0 Å². The van der Waals surface area contributed by atoms with E-state index in [4.69, 9.17) is 11.0 Å². The van der Waals surface area contributed by atoms with Gasteiger partial charge in [-0.25, -0.2) is 0 Å². The van der Waals surface area contributed by atoms with Gasteiger partial charge in [-0.05, 0) is 18.2 Å². The van der Waals surface area contributed by atoms with E-state index in [1.807, 2.05) is 6.07 Å². The molecule has 3 nitrogen and oxygen atoms in total. The Morgan fingerprint density at radius 3 is 2.83 bits per heavy atom. The highest BCUT2D eigenvalue weighted by Gasteiger charge is 2.09. The quantitative estimate of drug-likeness (QED) is 0.766. The first kappa shape index (κ1) is 9.04. The van der Waals surface area contributed by atoms with E-state index in [0.29, 0.717) is 5.56 Å². The van der Waals surface area contributed by atoms with Crippen LogP contribution >= 0.6 is 15.9 Å². The van der Waals surface area contributed by atoms with Gasteiger partial charge in [0.25, 0.3) is 0 Å². The topological polar surface area (TPSA) is 70.0 Å². The summed E-state index contributed by atoms with van der Waals surface area (Å²) in [6, 6.07) is 5.88. The van der Waals surface area contributed by atoms with E-state index in [1.165, 1.54) is 6.07 Å². The van der Waals surface area contributed by atoms with Crippen LogP contribution < -0.4 is 5.73 Å². The largest absolute Gasteiger partial charge is 0.508 e. The number of nitrogens with two attached hydrogens (primary N) is 1. The fourth-order valence-electron chi connectivity index (χ4n) is 0.844. The lowest BCUT2D eigenvalue weighted by Crippen LogP contribution is -2.07.